The molecular weight excluding hydrogens is 701 g/mol. The van der Waals surface area contributed by atoms with Gasteiger partial charge in [-0.2, -0.15) is 0 Å². The van der Waals surface area contributed by atoms with Crippen LogP contribution in [0.1, 0.15) is 109 Å². The third kappa shape index (κ3) is 9.06. The smallest absolute Gasteiger partial charge is 0.140 e. The molecule has 4 aromatic carbocycles. The molecule has 2 saturated heterocycles. The summed E-state index contributed by atoms with van der Waals surface area (Å²) >= 11 is 0. The molecule has 1 aliphatic carbocycles. The third-order valence-electron chi connectivity index (χ3n) is 12.8. The van der Waals surface area contributed by atoms with Crippen LogP contribution >= 0.6 is 0 Å². The van der Waals surface area contributed by atoms with Crippen molar-refractivity contribution in [3.8, 4) is 23.0 Å². The number of benzene rings is 4. The van der Waals surface area contributed by atoms with E-state index in [4.69, 9.17) is 28.4 Å². The van der Waals surface area contributed by atoms with Gasteiger partial charge in [-0.3, -0.25) is 0 Å². The number of aliphatic hydroxyl groups is 1. The van der Waals surface area contributed by atoms with Crippen LogP contribution in [0.4, 0.5) is 0 Å². The van der Waals surface area contributed by atoms with E-state index >= 15 is 0 Å². The molecule has 7 rings (SSSR count). The first-order chi connectivity index (χ1) is 26.9. The third-order valence-corrected chi connectivity index (χ3v) is 12.8. The maximum atomic E-state index is 11.2. The second-order valence-corrected chi connectivity index (χ2v) is 17.3. The Morgan fingerprint density at radius 3 is 1.41 bits per heavy atom. The average molecular weight is 763 g/mol. The molecular formula is C49H62O7. The summed E-state index contributed by atoms with van der Waals surface area (Å²) < 4.78 is 36.3. The molecule has 3 fully saturated rings. The number of epoxide rings is 2. The zero-order valence-corrected chi connectivity index (χ0v) is 34.5. The quantitative estimate of drug-likeness (QED) is 0.0847. The molecule has 1 saturated carbocycles. The first kappa shape index (κ1) is 40.2. The van der Waals surface area contributed by atoms with Gasteiger partial charge in [0.2, 0.25) is 0 Å². The zero-order chi connectivity index (χ0) is 39.6. The Labute approximate surface area is 334 Å². The first-order valence-corrected chi connectivity index (χ1v) is 20.9. The van der Waals surface area contributed by atoms with E-state index in [-0.39, 0.29) is 35.2 Å². The molecule has 7 heteroatoms. The summed E-state index contributed by atoms with van der Waals surface area (Å²) in [5.41, 5.74) is 3.69. The van der Waals surface area contributed by atoms with Crippen molar-refractivity contribution in [1.29, 1.82) is 0 Å². The minimum atomic E-state index is -0.688. The van der Waals surface area contributed by atoms with Crippen molar-refractivity contribution in [2.75, 3.05) is 26.4 Å². The van der Waals surface area contributed by atoms with Crippen molar-refractivity contribution in [2.24, 2.45) is 5.92 Å². The highest BCUT2D eigenvalue weighted by molar-refractivity contribution is 5.43. The predicted molar refractivity (Wildman–Crippen MR) is 221 cm³/mol. The molecule has 4 aromatic rings. The van der Waals surface area contributed by atoms with Gasteiger partial charge in [-0.15, -0.1) is 0 Å². The van der Waals surface area contributed by atoms with Crippen LogP contribution in [0.2, 0.25) is 0 Å². The largest absolute Gasteiger partial charge is 0.491 e. The van der Waals surface area contributed by atoms with Crippen molar-refractivity contribution in [2.45, 2.75) is 127 Å². The highest BCUT2D eigenvalue weighted by Gasteiger charge is 2.57. The maximum Gasteiger partial charge on any atom is 0.140 e. The lowest BCUT2D eigenvalue weighted by Gasteiger charge is -2.35. The zero-order valence-electron chi connectivity index (χ0n) is 34.5. The van der Waals surface area contributed by atoms with Crippen molar-refractivity contribution in [1.82, 2.24) is 0 Å². The number of hydrogen-bond acceptors (Lipinski definition) is 7. The lowest BCUT2D eigenvalue weighted by molar-refractivity contribution is -0.00986. The van der Waals surface area contributed by atoms with Crippen molar-refractivity contribution >= 4 is 0 Å². The molecule has 7 nitrogen and oxygen atoms in total. The fourth-order valence-electron chi connectivity index (χ4n) is 8.28. The summed E-state index contributed by atoms with van der Waals surface area (Å²) in [7, 11) is 0. The average Bonchev–Trinajstić information content (AvgIpc) is 4.05. The lowest BCUT2D eigenvalue weighted by Crippen LogP contribution is -2.43. The monoisotopic (exact) mass is 762 g/mol. The molecule has 56 heavy (non-hydrogen) atoms. The number of rotatable bonds is 21. The summed E-state index contributed by atoms with van der Waals surface area (Å²) in [5, 5.41) is 11.2. The van der Waals surface area contributed by atoms with Crippen LogP contribution in [0.15, 0.2) is 97.1 Å². The van der Waals surface area contributed by atoms with Crippen LogP contribution in [0.3, 0.4) is 0 Å². The van der Waals surface area contributed by atoms with Gasteiger partial charge >= 0.3 is 0 Å². The van der Waals surface area contributed by atoms with Crippen molar-refractivity contribution in [3.63, 3.8) is 0 Å². The standard InChI is InChI=1S/C49H62O7/c1-8-48(9-2,55-42-25-17-36(18-26-42)46(4,5)35-15-23-41(24-16-35)52-31-44-32-53-44)29-39(50)30-51-40-21-13-34(14-22-40)47(6,7)37-19-27-43(28-20-37)56-49(10-3,38-11-12-38)45-33-54-45/h13-28,38-39,44-45,50H,8-12,29-33H2,1-7H3. The molecule has 4 atom stereocenters. The normalized spacial score (nSPS) is 19.8. The maximum absolute atomic E-state index is 11.2. The van der Waals surface area contributed by atoms with Crippen LogP contribution in [0.5, 0.6) is 23.0 Å². The van der Waals surface area contributed by atoms with E-state index in [0.717, 1.165) is 55.5 Å². The molecule has 0 spiro atoms. The van der Waals surface area contributed by atoms with Gasteiger partial charge in [0.1, 0.15) is 59.6 Å². The molecule has 0 aromatic heterocycles. The Hall–Kier alpha value is -4.04. The van der Waals surface area contributed by atoms with Gasteiger partial charge in [-0.05, 0) is 103 Å². The van der Waals surface area contributed by atoms with E-state index in [2.05, 4.69) is 121 Å². The molecule has 3 aliphatic rings. The Kier molecular flexibility index (Phi) is 11.8. The highest BCUT2D eigenvalue weighted by Crippen LogP contribution is 2.50. The van der Waals surface area contributed by atoms with Gasteiger partial charge in [0.15, 0.2) is 0 Å². The van der Waals surface area contributed by atoms with Crippen LogP contribution in [-0.4, -0.2) is 61.0 Å². The van der Waals surface area contributed by atoms with Gasteiger partial charge < -0.3 is 33.5 Å². The van der Waals surface area contributed by atoms with E-state index in [0.29, 0.717) is 18.9 Å². The van der Waals surface area contributed by atoms with Crippen LogP contribution in [0.25, 0.3) is 0 Å². The predicted octanol–water partition coefficient (Wildman–Crippen LogP) is 10.2. The van der Waals surface area contributed by atoms with Crippen molar-refractivity contribution < 1.29 is 33.5 Å². The Bertz CT molecular complexity index is 1840. The molecule has 0 amide bonds. The fourth-order valence-corrected chi connectivity index (χ4v) is 8.28. The Morgan fingerprint density at radius 2 is 1.02 bits per heavy atom. The SMILES string of the molecule is CCC(CC)(CC(O)COc1ccc(C(C)(C)c2ccc(OC(CC)(C3CC3)C3CO3)cc2)cc1)Oc1ccc(C(C)(C)c2ccc(OCC3CO3)cc2)cc1. The number of aliphatic hydroxyl groups excluding tert-OH is 1. The van der Waals surface area contributed by atoms with E-state index in [1.54, 1.807) is 0 Å². The second-order valence-electron chi connectivity index (χ2n) is 17.3. The van der Waals surface area contributed by atoms with E-state index in [1.807, 2.05) is 24.3 Å². The van der Waals surface area contributed by atoms with Gasteiger partial charge in [-0.1, -0.05) is 97.0 Å². The number of ether oxygens (including phenoxy) is 6. The van der Waals surface area contributed by atoms with Crippen LogP contribution < -0.4 is 18.9 Å². The number of hydrogen-bond donors (Lipinski definition) is 1. The van der Waals surface area contributed by atoms with E-state index in [9.17, 15) is 5.11 Å². The minimum absolute atomic E-state index is 0.187. The minimum Gasteiger partial charge on any atom is -0.491 e. The van der Waals surface area contributed by atoms with E-state index < -0.39 is 11.7 Å². The molecule has 1 N–H and O–H groups in total. The van der Waals surface area contributed by atoms with Crippen molar-refractivity contribution in [3.05, 3.63) is 119 Å². The summed E-state index contributed by atoms with van der Waals surface area (Å²) in [6.07, 6.45) is 5.18. The van der Waals surface area contributed by atoms with Gasteiger partial charge in [-0.25, -0.2) is 0 Å². The highest BCUT2D eigenvalue weighted by atomic mass is 16.6. The molecule has 2 heterocycles. The second kappa shape index (κ2) is 16.4. The molecule has 300 valence electrons. The summed E-state index contributed by atoms with van der Waals surface area (Å²) in [6, 6.07) is 33.6. The topological polar surface area (TPSA) is 82.2 Å². The molecule has 2 aliphatic heterocycles. The van der Waals surface area contributed by atoms with Gasteiger partial charge in [0.05, 0.1) is 19.3 Å². The fraction of sp³-hybridized carbons (Fsp3) is 0.510. The van der Waals surface area contributed by atoms with Crippen LogP contribution in [0, 0.1) is 5.92 Å². The summed E-state index contributed by atoms with van der Waals surface area (Å²) in [6.45, 7) is 17.8. The summed E-state index contributed by atoms with van der Waals surface area (Å²) in [4.78, 5) is 0. The van der Waals surface area contributed by atoms with Gasteiger partial charge in [0, 0.05) is 23.2 Å². The molecule has 0 radical (unpaired) electrons. The van der Waals surface area contributed by atoms with Gasteiger partial charge in [0.25, 0.3) is 0 Å². The molecule has 4 unspecified atom stereocenters. The van der Waals surface area contributed by atoms with E-state index in [1.165, 1.54) is 35.1 Å². The Balaban J connectivity index is 0.915. The molecule has 0 bridgehead atoms. The van der Waals surface area contributed by atoms with Crippen LogP contribution in [-0.2, 0) is 20.3 Å². The first-order valence-electron chi connectivity index (χ1n) is 20.9. The summed E-state index contributed by atoms with van der Waals surface area (Å²) in [5.74, 6) is 3.91. The lowest BCUT2D eigenvalue weighted by atomic mass is 9.78. The Morgan fingerprint density at radius 1 is 0.589 bits per heavy atom.